The Labute approximate surface area is 151 Å². The lowest BCUT2D eigenvalue weighted by atomic mass is 10.1. The molecule has 25 heavy (non-hydrogen) atoms. The van der Waals surface area contributed by atoms with Gasteiger partial charge < -0.3 is 0 Å². The van der Waals surface area contributed by atoms with Crippen molar-refractivity contribution in [3.8, 4) is 6.07 Å². The molecule has 0 aliphatic carbocycles. The Kier molecular flexibility index (Phi) is 5.40. The van der Waals surface area contributed by atoms with Crippen LogP contribution in [0.4, 0.5) is 5.69 Å². The molecule has 0 aliphatic heterocycles. The molecule has 0 atom stereocenters. The highest BCUT2D eigenvalue weighted by Crippen LogP contribution is 2.14. The van der Waals surface area contributed by atoms with Crippen LogP contribution in [0.2, 0.25) is 0 Å². The van der Waals surface area contributed by atoms with Gasteiger partial charge in [-0.2, -0.15) is 10.4 Å². The zero-order chi connectivity index (χ0) is 17.5. The highest BCUT2D eigenvalue weighted by Gasteiger charge is 2.01. The number of nitrogens with one attached hydrogen (secondary N) is 1. The van der Waals surface area contributed by atoms with Crippen LogP contribution in [0.25, 0.3) is 6.08 Å². The van der Waals surface area contributed by atoms with Crippen molar-refractivity contribution in [2.45, 2.75) is 6.92 Å². The molecular formula is C21H17N3S. The highest BCUT2D eigenvalue weighted by molar-refractivity contribution is 7.10. The van der Waals surface area contributed by atoms with Gasteiger partial charge >= 0.3 is 0 Å². The maximum absolute atomic E-state index is 8.87. The fourth-order valence-electron chi connectivity index (χ4n) is 2.21. The van der Waals surface area contributed by atoms with Gasteiger partial charge in [0, 0.05) is 10.4 Å². The van der Waals surface area contributed by atoms with E-state index in [-0.39, 0.29) is 0 Å². The second-order valence-electron chi connectivity index (χ2n) is 5.51. The predicted molar refractivity (Wildman–Crippen MR) is 106 cm³/mol. The van der Waals surface area contributed by atoms with Crippen molar-refractivity contribution in [1.29, 1.82) is 5.26 Å². The molecule has 0 aliphatic rings. The molecule has 0 bridgehead atoms. The van der Waals surface area contributed by atoms with E-state index in [1.54, 1.807) is 23.5 Å². The molecule has 0 unspecified atom stereocenters. The monoisotopic (exact) mass is 343 g/mol. The molecular weight excluding hydrogens is 326 g/mol. The maximum Gasteiger partial charge on any atom is 0.0991 e. The van der Waals surface area contributed by atoms with Crippen molar-refractivity contribution in [2.75, 3.05) is 5.43 Å². The number of anilines is 1. The summed E-state index contributed by atoms with van der Waals surface area (Å²) in [6, 6.07) is 21.7. The lowest BCUT2D eigenvalue weighted by Crippen LogP contribution is -2.01. The Morgan fingerprint density at radius 2 is 1.84 bits per heavy atom. The quantitative estimate of drug-likeness (QED) is 0.494. The topological polar surface area (TPSA) is 48.2 Å². The van der Waals surface area contributed by atoms with E-state index in [1.807, 2.05) is 24.3 Å². The van der Waals surface area contributed by atoms with Gasteiger partial charge in [-0.05, 0) is 54.8 Å². The Morgan fingerprint density at radius 3 is 2.48 bits per heavy atom. The standard InChI is InChI=1S/C21H17N3S/c1-16-4-8-18(9-5-16)21(13-12-20-3-2-14-25-20)24-23-19-10-6-17(15-22)7-11-19/h2-14,23H,1H3/b13-12+,24-21+. The third-order valence-electron chi connectivity index (χ3n) is 3.62. The van der Waals surface area contributed by atoms with Gasteiger partial charge in [-0.15, -0.1) is 11.3 Å². The van der Waals surface area contributed by atoms with Gasteiger partial charge in [0.05, 0.1) is 23.0 Å². The molecule has 0 saturated carbocycles. The number of hydrogen-bond donors (Lipinski definition) is 1. The zero-order valence-corrected chi connectivity index (χ0v) is 14.6. The molecule has 0 amide bonds. The van der Waals surface area contributed by atoms with Gasteiger partial charge in [0.25, 0.3) is 0 Å². The van der Waals surface area contributed by atoms with Crippen molar-refractivity contribution < 1.29 is 0 Å². The van der Waals surface area contributed by atoms with Crippen LogP contribution in [0, 0.1) is 18.3 Å². The van der Waals surface area contributed by atoms with E-state index in [2.05, 4.69) is 65.3 Å². The molecule has 3 aromatic rings. The van der Waals surface area contributed by atoms with Crippen molar-refractivity contribution in [2.24, 2.45) is 5.10 Å². The van der Waals surface area contributed by atoms with Crippen LogP contribution in [0.15, 0.2) is 77.2 Å². The number of thiophene rings is 1. The minimum atomic E-state index is 0.630. The van der Waals surface area contributed by atoms with Gasteiger partial charge in [-0.1, -0.05) is 35.9 Å². The summed E-state index contributed by atoms with van der Waals surface area (Å²) in [6.07, 6.45) is 4.07. The number of hydrogen-bond acceptors (Lipinski definition) is 4. The summed E-state index contributed by atoms with van der Waals surface area (Å²) in [4.78, 5) is 1.18. The first-order valence-electron chi connectivity index (χ1n) is 7.87. The summed E-state index contributed by atoms with van der Waals surface area (Å²) in [5.41, 5.74) is 7.64. The number of hydrazone groups is 1. The van der Waals surface area contributed by atoms with Gasteiger partial charge in [0.1, 0.15) is 0 Å². The SMILES string of the molecule is Cc1ccc(C(/C=C/c2cccs2)=N/Nc2ccc(C#N)cc2)cc1. The number of aryl methyl sites for hydroxylation is 1. The van der Waals surface area contributed by atoms with Gasteiger partial charge in [0.2, 0.25) is 0 Å². The average molecular weight is 343 g/mol. The fraction of sp³-hybridized carbons (Fsp3) is 0.0476. The first-order valence-corrected chi connectivity index (χ1v) is 8.75. The average Bonchev–Trinajstić information content (AvgIpc) is 3.17. The minimum Gasteiger partial charge on any atom is -0.278 e. The molecule has 0 spiro atoms. The van der Waals surface area contributed by atoms with Gasteiger partial charge in [0.15, 0.2) is 0 Å². The van der Waals surface area contributed by atoms with Gasteiger partial charge in [-0.25, -0.2) is 0 Å². The fourth-order valence-corrected chi connectivity index (χ4v) is 2.83. The van der Waals surface area contributed by atoms with Crippen LogP contribution in [0.1, 0.15) is 21.6 Å². The molecule has 1 aromatic heterocycles. The Bertz CT molecular complexity index is 913. The number of rotatable bonds is 5. The molecule has 3 nitrogen and oxygen atoms in total. The molecule has 1 N–H and O–H groups in total. The summed E-state index contributed by atoms with van der Waals surface area (Å²) >= 11 is 1.69. The number of nitrogens with zero attached hydrogens (tertiary/aromatic N) is 2. The van der Waals surface area contributed by atoms with Crippen LogP contribution in [0.5, 0.6) is 0 Å². The molecule has 0 radical (unpaired) electrons. The zero-order valence-electron chi connectivity index (χ0n) is 13.8. The molecule has 4 heteroatoms. The molecule has 122 valence electrons. The van der Waals surface area contributed by atoms with Crippen LogP contribution in [0.3, 0.4) is 0 Å². The summed E-state index contributed by atoms with van der Waals surface area (Å²) in [5, 5.41) is 15.5. The Balaban J connectivity index is 1.86. The van der Waals surface area contributed by atoms with Crippen molar-refractivity contribution in [1.82, 2.24) is 0 Å². The largest absolute Gasteiger partial charge is 0.278 e. The van der Waals surface area contributed by atoms with Crippen molar-refractivity contribution >= 4 is 28.8 Å². The smallest absolute Gasteiger partial charge is 0.0991 e. The summed E-state index contributed by atoms with van der Waals surface area (Å²) in [6.45, 7) is 2.07. The molecule has 0 fully saturated rings. The normalized spacial score (nSPS) is 11.4. The second kappa shape index (κ2) is 8.09. The van der Waals surface area contributed by atoms with Crippen LogP contribution >= 0.6 is 11.3 Å². The van der Waals surface area contributed by atoms with E-state index >= 15 is 0 Å². The van der Waals surface area contributed by atoms with E-state index in [0.717, 1.165) is 17.0 Å². The van der Waals surface area contributed by atoms with Crippen LogP contribution < -0.4 is 5.43 Å². The van der Waals surface area contributed by atoms with E-state index in [1.165, 1.54) is 10.4 Å². The lowest BCUT2D eigenvalue weighted by Gasteiger charge is -2.05. The Hall–Kier alpha value is -3.16. The predicted octanol–water partition coefficient (Wildman–Crippen LogP) is 5.46. The maximum atomic E-state index is 8.87. The molecule has 2 aromatic carbocycles. The number of nitriles is 1. The third kappa shape index (κ3) is 4.66. The van der Waals surface area contributed by atoms with Gasteiger partial charge in [-0.3, -0.25) is 5.43 Å². The second-order valence-corrected chi connectivity index (χ2v) is 6.49. The summed E-state index contributed by atoms with van der Waals surface area (Å²) in [5.74, 6) is 0. The molecule has 1 heterocycles. The molecule has 3 rings (SSSR count). The van der Waals surface area contributed by atoms with Crippen LogP contribution in [-0.4, -0.2) is 5.71 Å². The molecule has 0 saturated heterocycles. The van der Waals surface area contributed by atoms with Crippen molar-refractivity contribution in [3.63, 3.8) is 0 Å². The third-order valence-corrected chi connectivity index (χ3v) is 4.45. The Morgan fingerprint density at radius 1 is 1.08 bits per heavy atom. The first kappa shape index (κ1) is 16.7. The van der Waals surface area contributed by atoms with Crippen LogP contribution in [-0.2, 0) is 0 Å². The van der Waals surface area contributed by atoms with E-state index in [0.29, 0.717) is 5.56 Å². The number of benzene rings is 2. The van der Waals surface area contributed by atoms with E-state index in [9.17, 15) is 0 Å². The lowest BCUT2D eigenvalue weighted by molar-refractivity contribution is 1.33. The van der Waals surface area contributed by atoms with E-state index < -0.39 is 0 Å². The van der Waals surface area contributed by atoms with Crippen molar-refractivity contribution in [3.05, 3.63) is 93.7 Å². The number of allylic oxidation sites excluding steroid dienone is 1. The summed E-state index contributed by atoms with van der Waals surface area (Å²) in [7, 11) is 0. The minimum absolute atomic E-state index is 0.630. The summed E-state index contributed by atoms with van der Waals surface area (Å²) < 4.78 is 0. The first-order chi connectivity index (χ1) is 12.2. The van der Waals surface area contributed by atoms with E-state index in [4.69, 9.17) is 5.26 Å². The highest BCUT2D eigenvalue weighted by atomic mass is 32.1.